The minimum atomic E-state index is -0.985. The summed E-state index contributed by atoms with van der Waals surface area (Å²) in [7, 11) is 0. The van der Waals surface area contributed by atoms with Gasteiger partial charge in [-0.3, -0.25) is 0 Å². The zero-order chi connectivity index (χ0) is 12.3. The van der Waals surface area contributed by atoms with Gasteiger partial charge in [0, 0.05) is 11.4 Å². The maximum absolute atomic E-state index is 10.7. The summed E-state index contributed by atoms with van der Waals surface area (Å²) in [6, 6.07) is 1.50. The molecule has 4 nitrogen and oxygen atoms in total. The Morgan fingerprint density at radius 1 is 1.59 bits per heavy atom. The highest BCUT2D eigenvalue weighted by Crippen LogP contribution is 2.24. The molecular weight excluding hydrogens is 238 g/mol. The summed E-state index contributed by atoms with van der Waals surface area (Å²) in [5.74, 6) is -0.470. The Labute approximate surface area is 103 Å². The fourth-order valence-electron chi connectivity index (χ4n) is 1.45. The SMILES string of the molecule is CCCCc1nc(-c2cc(C(=O)O)co2)cs1. The van der Waals surface area contributed by atoms with Gasteiger partial charge < -0.3 is 9.52 Å². The normalized spacial score (nSPS) is 10.6. The second-order valence-corrected chi connectivity index (χ2v) is 4.68. The van der Waals surface area contributed by atoms with Crippen LogP contribution in [-0.4, -0.2) is 16.1 Å². The molecule has 2 aromatic rings. The Bertz CT molecular complexity index is 515. The molecule has 2 rings (SSSR count). The standard InChI is InChI=1S/C12H13NO3S/c1-2-3-4-11-13-9(7-17-11)10-5-8(6-16-10)12(14)15/h5-7H,2-4H2,1H3,(H,14,15). The molecule has 0 aliphatic rings. The lowest BCUT2D eigenvalue weighted by molar-refractivity contribution is 0.0696. The van der Waals surface area contributed by atoms with Crippen LogP contribution in [0.25, 0.3) is 11.5 Å². The van der Waals surface area contributed by atoms with Gasteiger partial charge in [0.25, 0.3) is 0 Å². The van der Waals surface area contributed by atoms with Crippen LogP contribution in [0.15, 0.2) is 22.1 Å². The van der Waals surface area contributed by atoms with Gasteiger partial charge in [-0.2, -0.15) is 0 Å². The quantitative estimate of drug-likeness (QED) is 0.884. The topological polar surface area (TPSA) is 63.3 Å². The summed E-state index contributed by atoms with van der Waals surface area (Å²) in [5.41, 5.74) is 0.872. The van der Waals surface area contributed by atoms with Crippen molar-refractivity contribution in [3.05, 3.63) is 28.3 Å². The molecule has 0 saturated carbocycles. The smallest absolute Gasteiger partial charge is 0.338 e. The largest absolute Gasteiger partial charge is 0.478 e. The third-order valence-electron chi connectivity index (χ3n) is 2.39. The average molecular weight is 251 g/mol. The number of hydrogen-bond donors (Lipinski definition) is 1. The third-order valence-corrected chi connectivity index (χ3v) is 3.30. The van der Waals surface area contributed by atoms with Gasteiger partial charge in [0.15, 0.2) is 5.76 Å². The number of carbonyl (C=O) groups is 1. The van der Waals surface area contributed by atoms with E-state index in [1.807, 2.05) is 5.38 Å². The second kappa shape index (κ2) is 5.14. The van der Waals surface area contributed by atoms with E-state index in [0.29, 0.717) is 11.5 Å². The van der Waals surface area contributed by atoms with Crippen LogP contribution in [0.4, 0.5) is 0 Å². The van der Waals surface area contributed by atoms with Crippen LogP contribution in [0.3, 0.4) is 0 Å². The summed E-state index contributed by atoms with van der Waals surface area (Å²) < 4.78 is 5.19. The maximum Gasteiger partial charge on any atom is 0.338 e. The van der Waals surface area contributed by atoms with Crippen LogP contribution in [-0.2, 0) is 6.42 Å². The van der Waals surface area contributed by atoms with Gasteiger partial charge in [0.05, 0.1) is 10.6 Å². The van der Waals surface area contributed by atoms with Crippen molar-refractivity contribution >= 4 is 17.3 Å². The number of carboxylic acids is 1. The molecule has 5 heteroatoms. The molecular formula is C12H13NO3S. The van der Waals surface area contributed by atoms with Crippen molar-refractivity contribution in [1.29, 1.82) is 0 Å². The van der Waals surface area contributed by atoms with E-state index in [-0.39, 0.29) is 5.56 Å². The van der Waals surface area contributed by atoms with Gasteiger partial charge in [-0.05, 0) is 12.8 Å². The molecule has 0 aliphatic carbocycles. The molecule has 0 radical (unpaired) electrons. The molecule has 0 aromatic carbocycles. The molecule has 2 aromatic heterocycles. The van der Waals surface area contributed by atoms with Gasteiger partial charge >= 0.3 is 5.97 Å². The Morgan fingerprint density at radius 3 is 3.06 bits per heavy atom. The molecule has 0 unspecified atom stereocenters. The summed E-state index contributed by atoms with van der Waals surface area (Å²) >= 11 is 1.58. The minimum Gasteiger partial charge on any atom is -0.478 e. The fraction of sp³-hybridized carbons (Fsp3) is 0.333. The van der Waals surface area contributed by atoms with Gasteiger partial charge in [-0.15, -0.1) is 11.3 Å². The molecule has 90 valence electrons. The van der Waals surface area contributed by atoms with Crippen molar-refractivity contribution < 1.29 is 14.3 Å². The number of unbranched alkanes of at least 4 members (excludes halogenated alkanes) is 1. The van der Waals surface area contributed by atoms with E-state index in [4.69, 9.17) is 9.52 Å². The summed E-state index contributed by atoms with van der Waals surface area (Å²) in [4.78, 5) is 15.1. The van der Waals surface area contributed by atoms with Gasteiger partial charge in [-0.1, -0.05) is 13.3 Å². The molecule has 0 spiro atoms. The zero-order valence-corrected chi connectivity index (χ0v) is 10.3. The van der Waals surface area contributed by atoms with Crippen molar-refractivity contribution in [2.75, 3.05) is 0 Å². The number of nitrogens with zero attached hydrogens (tertiary/aromatic N) is 1. The van der Waals surface area contributed by atoms with Crippen LogP contribution in [0.2, 0.25) is 0 Å². The van der Waals surface area contributed by atoms with Crippen LogP contribution in [0.5, 0.6) is 0 Å². The van der Waals surface area contributed by atoms with E-state index in [9.17, 15) is 4.79 Å². The number of hydrogen-bond acceptors (Lipinski definition) is 4. The first-order chi connectivity index (χ1) is 8.20. The van der Waals surface area contributed by atoms with Crippen LogP contribution >= 0.6 is 11.3 Å². The van der Waals surface area contributed by atoms with Crippen molar-refractivity contribution in [2.45, 2.75) is 26.2 Å². The van der Waals surface area contributed by atoms with E-state index in [2.05, 4.69) is 11.9 Å². The predicted molar refractivity (Wildman–Crippen MR) is 65.4 cm³/mol. The molecule has 17 heavy (non-hydrogen) atoms. The first-order valence-corrected chi connectivity index (χ1v) is 6.35. The number of furan rings is 1. The average Bonchev–Trinajstić information content (AvgIpc) is 2.94. The van der Waals surface area contributed by atoms with E-state index in [1.54, 1.807) is 11.3 Å². The second-order valence-electron chi connectivity index (χ2n) is 3.73. The van der Waals surface area contributed by atoms with Crippen LogP contribution in [0, 0.1) is 0 Å². The van der Waals surface area contributed by atoms with E-state index >= 15 is 0 Å². The number of aromatic nitrogens is 1. The lowest BCUT2D eigenvalue weighted by Crippen LogP contribution is -1.91. The van der Waals surface area contributed by atoms with Crippen LogP contribution < -0.4 is 0 Å². The van der Waals surface area contributed by atoms with E-state index < -0.39 is 5.97 Å². The van der Waals surface area contributed by atoms with E-state index in [1.165, 1.54) is 12.3 Å². The minimum absolute atomic E-state index is 0.156. The highest BCUT2D eigenvalue weighted by atomic mass is 32.1. The molecule has 0 amide bonds. The lowest BCUT2D eigenvalue weighted by atomic mass is 10.2. The molecule has 0 fully saturated rings. The predicted octanol–water partition coefficient (Wildman–Crippen LogP) is 3.44. The molecule has 1 N–H and O–H groups in total. The molecule has 0 atom stereocenters. The first kappa shape index (κ1) is 11.9. The number of aromatic carboxylic acids is 1. The molecule has 0 aliphatic heterocycles. The van der Waals surface area contributed by atoms with Crippen LogP contribution in [0.1, 0.15) is 35.1 Å². The highest BCUT2D eigenvalue weighted by molar-refractivity contribution is 7.09. The maximum atomic E-state index is 10.7. The van der Waals surface area contributed by atoms with Gasteiger partial charge in [0.2, 0.25) is 0 Å². The van der Waals surface area contributed by atoms with Crippen molar-refractivity contribution in [3.8, 4) is 11.5 Å². The Balaban J connectivity index is 2.15. The first-order valence-electron chi connectivity index (χ1n) is 5.47. The van der Waals surface area contributed by atoms with Crippen molar-refractivity contribution in [1.82, 2.24) is 4.98 Å². The summed E-state index contributed by atoms with van der Waals surface area (Å²) in [5, 5.41) is 11.8. The molecule has 0 bridgehead atoms. The third kappa shape index (κ3) is 2.74. The Hall–Kier alpha value is -1.62. The lowest BCUT2D eigenvalue weighted by Gasteiger charge is -1.91. The number of carboxylic acid groups (broad SMARTS) is 1. The van der Waals surface area contributed by atoms with Gasteiger partial charge in [0.1, 0.15) is 12.0 Å². The Morgan fingerprint density at radius 2 is 2.41 bits per heavy atom. The molecule has 2 heterocycles. The van der Waals surface area contributed by atoms with Crippen molar-refractivity contribution in [3.63, 3.8) is 0 Å². The number of thiazole rings is 1. The zero-order valence-electron chi connectivity index (χ0n) is 9.47. The highest BCUT2D eigenvalue weighted by Gasteiger charge is 2.12. The monoisotopic (exact) mass is 251 g/mol. The fourth-order valence-corrected chi connectivity index (χ4v) is 2.28. The Kier molecular flexibility index (Phi) is 3.58. The van der Waals surface area contributed by atoms with Gasteiger partial charge in [-0.25, -0.2) is 9.78 Å². The summed E-state index contributed by atoms with van der Waals surface area (Å²) in [6.45, 7) is 2.14. The number of rotatable bonds is 5. The molecule has 0 saturated heterocycles. The summed E-state index contributed by atoms with van der Waals surface area (Å²) in [6.07, 6.45) is 4.46. The number of aryl methyl sites for hydroxylation is 1. The van der Waals surface area contributed by atoms with Crippen molar-refractivity contribution in [2.24, 2.45) is 0 Å². The van der Waals surface area contributed by atoms with E-state index in [0.717, 1.165) is 24.3 Å².